The highest BCUT2D eigenvalue weighted by molar-refractivity contribution is 9.10. The van der Waals surface area contributed by atoms with Crippen molar-refractivity contribution in [3.05, 3.63) is 91.9 Å². The Kier molecular flexibility index (Phi) is 8.81. The summed E-state index contributed by atoms with van der Waals surface area (Å²) in [6.45, 7) is 1.81. The highest BCUT2D eigenvalue weighted by Gasteiger charge is 2.12. The minimum absolute atomic E-state index is 0.215. The molecule has 0 bridgehead atoms. The molecule has 0 saturated carbocycles. The van der Waals surface area contributed by atoms with Gasteiger partial charge in [-0.2, -0.15) is 9.78 Å². The molecular weight excluding hydrogens is 570 g/mol. The van der Waals surface area contributed by atoms with Crippen molar-refractivity contribution in [2.24, 2.45) is 5.10 Å². The van der Waals surface area contributed by atoms with E-state index in [0.29, 0.717) is 45.2 Å². The van der Waals surface area contributed by atoms with Gasteiger partial charge in [0, 0.05) is 53.0 Å². The molecule has 0 unspecified atom stereocenters. The zero-order valence-electron chi connectivity index (χ0n) is 21.2. The summed E-state index contributed by atoms with van der Waals surface area (Å²) >= 11 is 9.34. The minimum Gasteiger partial charge on any atom is -0.483 e. The number of nitrogens with one attached hydrogen (secondary N) is 1. The van der Waals surface area contributed by atoms with Gasteiger partial charge in [0.15, 0.2) is 6.61 Å². The van der Waals surface area contributed by atoms with Gasteiger partial charge in [-0.1, -0.05) is 34.5 Å². The summed E-state index contributed by atoms with van der Waals surface area (Å²) in [7, 11) is 3.82. The van der Waals surface area contributed by atoms with Gasteiger partial charge >= 0.3 is 0 Å². The molecule has 4 aromatic rings. The Balaban J connectivity index is 1.64. The Hall–Kier alpha value is -3.69. The molecule has 1 amide bonds. The molecule has 0 saturated heterocycles. The monoisotopic (exact) mass is 595 g/mol. The van der Waals surface area contributed by atoms with Crippen molar-refractivity contribution in [2.75, 3.05) is 30.9 Å². The quantitative estimate of drug-likeness (QED) is 0.249. The average molecular weight is 597 g/mol. The van der Waals surface area contributed by atoms with Crippen molar-refractivity contribution >= 4 is 61.9 Å². The van der Waals surface area contributed by atoms with Crippen LogP contribution in [-0.2, 0) is 11.2 Å². The zero-order chi connectivity index (χ0) is 27.2. The largest absolute Gasteiger partial charge is 0.483 e. The fraction of sp³-hybridized carbons (Fsp3) is 0.214. The number of ether oxygens (including phenoxy) is 1. The maximum Gasteiger partial charge on any atom is 0.282 e. The molecular formula is C28H27BrClN5O3. The Labute approximate surface area is 234 Å². The fourth-order valence-electron chi connectivity index (χ4n) is 3.73. The van der Waals surface area contributed by atoms with E-state index in [2.05, 4.69) is 31.3 Å². The van der Waals surface area contributed by atoms with Crippen LogP contribution in [0.3, 0.4) is 0 Å². The van der Waals surface area contributed by atoms with E-state index in [0.717, 1.165) is 16.6 Å². The van der Waals surface area contributed by atoms with E-state index >= 15 is 0 Å². The van der Waals surface area contributed by atoms with Crippen molar-refractivity contribution in [3.8, 4) is 5.75 Å². The predicted octanol–water partition coefficient (Wildman–Crippen LogP) is 5.73. The average Bonchev–Trinajstić information content (AvgIpc) is 2.89. The molecule has 0 fully saturated rings. The lowest BCUT2D eigenvalue weighted by Gasteiger charge is -2.16. The number of aromatic nitrogens is 2. The summed E-state index contributed by atoms with van der Waals surface area (Å²) in [6.07, 6.45) is 2.95. The Morgan fingerprint density at radius 3 is 2.63 bits per heavy atom. The molecule has 4 rings (SSSR count). The van der Waals surface area contributed by atoms with E-state index in [1.165, 1.54) is 4.68 Å². The first-order valence-electron chi connectivity index (χ1n) is 12.0. The number of anilines is 2. The Morgan fingerprint density at radius 2 is 1.92 bits per heavy atom. The van der Waals surface area contributed by atoms with Crippen LogP contribution in [0.2, 0.25) is 5.02 Å². The van der Waals surface area contributed by atoms with Gasteiger partial charge in [0.05, 0.1) is 17.1 Å². The molecule has 1 heterocycles. The number of benzene rings is 3. The number of aryl methyl sites for hydroxylation is 1. The van der Waals surface area contributed by atoms with Crippen LogP contribution in [0.15, 0.2) is 75.0 Å². The molecule has 0 aliphatic rings. The summed E-state index contributed by atoms with van der Waals surface area (Å²) in [4.78, 5) is 32.4. The molecule has 0 aliphatic heterocycles. The molecule has 8 nitrogen and oxygen atoms in total. The van der Waals surface area contributed by atoms with Crippen LogP contribution >= 0.6 is 27.5 Å². The van der Waals surface area contributed by atoms with Gasteiger partial charge in [-0.05, 0) is 61.0 Å². The van der Waals surface area contributed by atoms with Crippen molar-refractivity contribution in [1.82, 2.24) is 9.66 Å². The maximum atomic E-state index is 13.3. The normalized spacial score (nSPS) is 11.2. The molecule has 3 aromatic carbocycles. The number of amides is 1. The standard InChI is InChI=1S/C28H27BrClN5O3/c1-4-5-26-33-24-13-7-19(29)14-23(24)28(37)35(26)31-16-18-6-12-22(34(2)3)15-25(18)38-17-27(36)32-21-10-8-20(30)9-11-21/h6-16H,4-5,17H2,1-3H3,(H,32,36). The zero-order valence-corrected chi connectivity index (χ0v) is 23.6. The molecule has 38 heavy (non-hydrogen) atoms. The van der Waals surface area contributed by atoms with E-state index in [9.17, 15) is 9.59 Å². The number of fused-ring (bicyclic) bond motifs is 1. The second kappa shape index (κ2) is 12.2. The van der Waals surface area contributed by atoms with Gasteiger partial charge in [-0.3, -0.25) is 9.59 Å². The first-order valence-corrected chi connectivity index (χ1v) is 13.2. The fourth-order valence-corrected chi connectivity index (χ4v) is 4.21. The molecule has 1 aromatic heterocycles. The molecule has 196 valence electrons. The van der Waals surface area contributed by atoms with Crippen LogP contribution in [0.25, 0.3) is 10.9 Å². The second-order valence-corrected chi connectivity index (χ2v) is 10.1. The van der Waals surface area contributed by atoms with E-state index in [-0.39, 0.29) is 18.1 Å². The van der Waals surface area contributed by atoms with Gasteiger partial charge < -0.3 is 15.0 Å². The van der Waals surface area contributed by atoms with Crippen LogP contribution in [0.1, 0.15) is 24.7 Å². The number of hydrogen-bond acceptors (Lipinski definition) is 6. The van der Waals surface area contributed by atoms with Gasteiger partial charge in [0.25, 0.3) is 11.5 Å². The van der Waals surface area contributed by atoms with Crippen molar-refractivity contribution in [1.29, 1.82) is 0 Å². The van der Waals surface area contributed by atoms with Gasteiger partial charge in [-0.25, -0.2) is 4.98 Å². The number of carbonyl (C=O) groups excluding carboxylic acids is 1. The van der Waals surface area contributed by atoms with E-state index in [1.54, 1.807) is 36.5 Å². The SMILES string of the molecule is CCCc1nc2ccc(Br)cc2c(=O)n1N=Cc1ccc(N(C)C)cc1OCC(=O)Nc1ccc(Cl)cc1. The van der Waals surface area contributed by atoms with E-state index in [4.69, 9.17) is 16.3 Å². The second-order valence-electron chi connectivity index (χ2n) is 8.76. The Morgan fingerprint density at radius 1 is 1.16 bits per heavy atom. The van der Waals surface area contributed by atoms with Crippen LogP contribution in [-0.4, -0.2) is 42.5 Å². The molecule has 0 spiro atoms. The number of halogens is 2. The summed E-state index contributed by atoms with van der Waals surface area (Å²) in [6, 6.07) is 17.8. The lowest BCUT2D eigenvalue weighted by molar-refractivity contribution is -0.118. The number of nitrogens with zero attached hydrogens (tertiary/aromatic N) is 4. The van der Waals surface area contributed by atoms with E-state index < -0.39 is 0 Å². The topological polar surface area (TPSA) is 88.8 Å². The molecule has 0 radical (unpaired) electrons. The number of carbonyl (C=O) groups is 1. The molecule has 10 heteroatoms. The van der Waals surface area contributed by atoms with Gasteiger partial charge in [0.2, 0.25) is 0 Å². The van der Waals surface area contributed by atoms with E-state index in [1.807, 2.05) is 56.3 Å². The third-order valence-electron chi connectivity index (χ3n) is 5.66. The summed E-state index contributed by atoms with van der Waals surface area (Å²) < 4.78 is 8.02. The van der Waals surface area contributed by atoms with Crippen LogP contribution in [0, 0.1) is 0 Å². The molecule has 0 aliphatic carbocycles. The minimum atomic E-state index is -0.323. The number of rotatable bonds is 9. The first-order chi connectivity index (χ1) is 18.2. The highest BCUT2D eigenvalue weighted by atomic mass is 79.9. The summed E-state index contributed by atoms with van der Waals surface area (Å²) in [5.74, 6) is 0.697. The lowest BCUT2D eigenvalue weighted by atomic mass is 10.2. The van der Waals surface area contributed by atoms with Crippen LogP contribution in [0.5, 0.6) is 5.75 Å². The van der Waals surface area contributed by atoms with Gasteiger partial charge in [-0.15, -0.1) is 0 Å². The Bertz CT molecular complexity index is 1550. The summed E-state index contributed by atoms with van der Waals surface area (Å²) in [5, 5.41) is 8.34. The first kappa shape index (κ1) is 27.3. The van der Waals surface area contributed by atoms with Gasteiger partial charge in [0.1, 0.15) is 11.6 Å². The van der Waals surface area contributed by atoms with Crippen molar-refractivity contribution in [2.45, 2.75) is 19.8 Å². The molecule has 0 atom stereocenters. The third-order valence-corrected chi connectivity index (χ3v) is 6.41. The molecule has 1 N–H and O–H groups in total. The lowest BCUT2D eigenvalue weighted by Crippen LogP contribution is -2.22. The van der Waals surface area contributed by atoms with Crippen molar-refractivity contribution in [3.63, 3.8) is 0 Å². The number of hydrogen-bond donors (Lipinski definition) is 1. The highest BCUT2D eigenvalue weighted by Crippen LogP contribution is 2.24. The predicted molar refractivity (Wildman–Crippen MR) is 157 cm³/mol. The summed E-state index contributed by atoms with van der Waals surface area (Å²) in [5.41, 5.74) is 2.48. The van der Waals surface area contributed by atoms with Crippen molar-refractivity contribution < 1.29 is 9.53 Å². The maximum absolute atomic E-state index is 13.3. The van der Waals surface area contributed by atoms with Crippen LogP contribution in [0.4, 0.5) is 11.4 Å². The smallest absolute Gasteiger partial charge is 0.282 e. The third kappa shape index (κ3) is 6.59. The van der Waals surface area contributed by atoms with Crippen LogP contribution < -0.4 is 20.5 Å².